The van der Waals surface area contributed by atoms with Crippen molar-refractivity contribution < 1.29 is 13.2 Å². The predicted molar refractivity (Wildman–Crippen MR) is 104 cm³/mol. The van der Waals surface area contributed by atoms with Gasteiger partial charge >= 0.3 is 0 Å². The van der Waals surface area contributed by atoms with Gasteiger partial charge in [0.15, 0.2) is 0 Å². The Kier molecular flexibility index (Phi) is 6.27. The van der Waals surface area contributed by atoms with Crippen LogP contribution in [0.2, 0.25) is 0 Å². The number of amides is 1. The summed E-state index contributed by atoms with van der Waals surface area (Å²) in [4.78, 5) is 17.8. The first-order chi connectivity index (χ1) is 12.4. The minimum atomic E-state index is -3.63. The maximum absolute atomic E-state index is 12.8. The Hall–Kier alpha value is -1.09. The molecule has 2 aliphatic heterocycles. The van der Waals surface area contributed by atoms with Crippen LogP contribution in [0.4, 0.5) is 0 Å². The third-order valence-corrected chi connectivity index (χ3v) is 7.46. The molecule has 3 rings (SSSR count). The lowest BCUT2D eigenvalue weighted by Gasteiger charge is -2.29. The summed E-state index contributed by atoms with van der Waals surface area (Å²) in [5.74, 6) is -0.0665. The van der Waals surface area contributed by atoms with Gasteiger partial charge in [-0.3, -0.25) is 4.79 Å². The van der Waals surface area contributed by atoms with E-state index in [1.807, 2.05) is 18.2 Å². The zero-order valence-electron chi connectivity index (χ0n) is 15.4. The lowest BCUT2D eigenvalue weighted by molar-refractivity contribution is 0.0789. The molecule has 0 aliphatic carbocycles. The lowest BCUT2D eigenvalue weighted by atomic mass is 10.1. The summed E-state index contributed by atoms with van der Waals surface area (Å²) < 4.78 is 28.5. The fraction of sp³-hybridized carbons (Fsp3) is 0.611. The van der Waals surface area contributed by atoms with Crippen LogP contribution >= 0.6 is 11.8 Å². The maximum atomic E-state index is 12.8. The van der Waals surface area contributed by atoms with Crippen molar-refractivity contribution in [2.45, 2.75) is 41.5 Å². The highest BCUT2D eigenvalue weighted by Crippen LogP contribution is 2.26. The van der Waals surface area contributed by atoms with Crippen LogP contribution in [0.25, 0.3) is 0 Å². The van der Waals surface area contributed by atoms with Gasteiger partial charge in [0.05, 0.1) is 10.5 Å². The van der Waals surface area contributed by atoms with E-state index in [0.717, 1.165) is 56.8 Å². The summed E-state index contributed by atoms with van der Waals surface area (Å²) in [5, 5.41) is 0. The summed E-state index contributed by atoms with van der Waals surface area (Å²) in [6, 6.07) is 4.85. The van der Waals surface area contributed by atoms with Crippen LogP contribution in [0.5, 0.6) is 0 Å². The number of benzene rings is 1. The van der Waals surface area contributed by atoms with Gasteiger partial charge in [0.1, 0.15) is 0 Å². The molecule has 2 fully saturated rings. The SMILES string of the molecule is CSc1ccc(S(=O)(=O)NC2CCN(C)CC2)cc1C(=O)N1CCCC1. The van der Waals surface area contributed by atoms with Crippen molar-refractivity contribution in [3.63, 3.8) is 0 Å². The van der Waals surface area contributed by atoms with Gasteiger partial charge in [-0.1, -0.05) is 0 Å². The van der Waals surface area contributed by atoms with Crippen LogP contribution in [-0.2, 0) is 10.0 Å². The molecule has 26 heavy (non-hydrogen) atoms. The van der Waals surface area contributed by atoms with Crippen molar-refractivity contribution in [3.05, 3.63) is 23.8 Å². The number of likely N-dealkylation sites (tertiary alicyclic amines) is 2. The zero-order chi connectivity index (χ0) is 18.7. The second kappa shape index (κ2) is 8.29. The van der Waals surface area contributed by atoms with Gasteiger partial charge in [-0.15, -0.1) is 11.8 Å². The molecule has 0 saturated carbocycles. The minimum absolute atomic E-state index is 0.0471. The van der Waals surface area contributed by atoms with Crippen molar-refractivity contribution >= 4 is 27.7 Å². The molecular weight excluding hydrogens is 370 g/mol. The molecule has 2 heterocycles. The van der Waals surface area contributed by atoms with E-state index in [-0.39, 0.29) is 16.8 Å². The second-order valence-corrected chi connectivity index (χ2v) is 9.62. The molecule has 0 aromatic heterocycles. The van der Waals surface area contributed by atoms with Crippen molar-refractivity contribution in [3.8, 4) is 0 Å². The highest BCUT2D eigenvalue weighted by molar-refractivity contribution is 7.98. The third-order valence-electron chi connectivity index (χ3n) is 5.15. The van der Waals surface area contributed by atoms with Gasteiger partial charge in [0.25, 0.3) is 5.91 Å². The zero-order valence-corrected chi connectivity index (χ0v) is 17.0. The highest BCUT2D eigenvalue weighted by atomic mass is 32.2. The van der Waals surface area contributed by atoms with E-state index in [0.29, 0.717) is 5.56 Å². The van der Waals surface area contributed by atoms with Gasteiger partial charge in [0.2, 0.25) is 10.0 Å². The summed E-state index contributed by atoms with van der Waals surface area (Å²) in [5.41, 5.74) is 0.491. The van der Waals surface area contributed by atoms with Gasteiger partial charge in [-0.25, -0.2) is 13.1 Å². The maximum Gasteiger partial charge on any atom is 0.255 e. The van der Waals surface area contributed by atoms with Crippen molar-refractivity contribution in [2.75, 3.05) is 39.5 Å². The standard InChI is InChI=1S/C18H27N3O3S2/c1-20-11-7-14(8-12-20)19-26(23,24)15-5-6-17(25-2)16(13-15)18(22)21-9-3-4-10-21/h5-6,13-14,19H,3-4,7-12H2,1-2H3. The fourth-order valence-electron chi connectivity index (χ4n) is 3.53. The summed E-state index contributed by atoms with van der Waals surface area (Å²) in [7, 11) is -1.59. The number of thioether (sulfide) groups is 1. The monoisotopic (exact) mass is 397 g/mol. The molecule has 1 aromatic carbocycles. The molecule has 6 nitrogen and oxygen atoms in total. The third kappa shape index (κ3) is 4.42. The predicted octanol–water partition coefficient (Wildman–Crippen LogP) is 2.02. The molecule has 2 saturated heterocycles. The number of carbonyl (C=O) groups excluding carboxylic acids is 1. The molecule has 1 amide bonds. The van der Waals surface area contributed by atoms with Crippen LogP contribution in [0, 0.1) is 0 Å². The molecular formula is C18H27N3O3S2. The number of hydrogen-bond acceptors (Lipinski definition) is 5. The van der Waals surface area contributed by atoms with Gasteiger partial charge < -0.3 is 9.80 Å². The first-order valence-corrected chi connectivity index (χ1v) is 11.8. The molecule has 144 valence electrons. The number of nitrogens with one attached hydrogen (secondary N) is 1. The Morgan fingerprint density at radius 3 is 2.42 bits per heavy atom. The van der Waals surface area contributed by atoms with E-state index in [2.05, 4.69) is 9.62 Å². The average Bonchev–Trinajstić information content (AvgIpc) is 3.17. The lowest BCUT2D eigenvalue weighted by Crippen LogP contribution is -2.43. The summed E-state index contributed by atoms with van der Waals surface area (Å²) >= 11 is 1.47. The van der Waals surface area contributed by atoms with E-state index in [1.165, 1.54) is 11.8 Å². The molecule has 0 unspecified atom stereocenters. The molecule has 0 bridgehead atoms. The number of nitrogens with zero attached hydrogens (tertiary/aromatic N) is 2. The number of carbonyl (C=O) groups is 1. The normalized spacial score (nSPS) is 19.8. The molecule has 1 aromatic rings. The van der Waals surface area contributed by atoms with Crippen LogP contribution in [-0.4, -0.2) is 69.6 Å². The number of hydrogen-bond donors (Lipinski definition) is 1. The fourth-order valence-corrected chi connectivity index (χ4v) is 5.43. The topological polar surface area (TPSA) is 69.7 Å². The van der Waals surface area contributed by atoms with Crippen LogP contribution in [0.15, 0.2) is 28.0 Å². The quantitative estimate of drug-likeness (QED) is 0.770. The Balaban J connectivity index is 1.82. The van der Waals surface area contributed by atoms with E-state index >= 15 is 0 Å². The molecule has 0 spiro atoms. The van der Waals surface area contributed by atoms with E-state index < -0.39 is 10.0 Å². The first-order valence-electron chi connectivity index (χ1n) is 9.09. The smallest absolute Gasteiger partial charge is 0.255 e. The number of sulfonamides is 1. The minimum Gasteiger partial charge on any atom is -0.339 e. The Morgan fingerprint density at radius 2 is 1.81 bits per heavy atom. The summed E-state index contributed by atoms with van der Waals surface area (Å²) in [6.07, 6.45) is 5.53. The van der Waals surface area contributed by atoms with Crippen molar-refractivity contribution in [1.82, 2.24) is 14.5 Å². The number of rotatable bonds is 5. The molecule has 0 radical (unpaired) electrons. The highest BCUT2D eigenvalue weighted by Gasteiger charge is 2.27. The Labute approximate surface area is 160 Å². The molecule has 0 atom stereocenters. The summed E-state index contributed by atoms with van der Waals surface area (Å²) in [6.45, 7) is 3.27. The van der Waals surface area contributed by atoms with Crippen LogP contribution in [0.1, 0.15) is 36.0 Å². The number of piperidine rings is 1. The van der Waals surface area contributed by atoms with Gasteiger partial charge in [-0.2, -0.15) is 0 Å². The van der Waals surface area contributed by atoms with Crippen LogP contribution in [0.3, 0.4) is 0 Å². The Bertz CT molecular complexity index is 753. The Morgan fingerprint density at radius 1 is 1.15 bits per heavy atom. The van der Waals surface area contributed by atoms with E-state index in [4.69, 9.17) is 0 Å². The second-order valence-electron chi connectivity index (χ2n) is 7.06. The van der Waals surface area contributed by atoms with E-state index in [1.54, 1.807) is 18.2 Å². The molecule has 2 aliphatic rings. The average molecular weight is 398 g/mol. The first kappa shape index (κ1) is 19.7. The van der Waals surface area contributed by atoms with Crippen molar-refractivity contribution in [2.24, 2.45) is 0 Å². The largest absolute Gasteiger partial charge is 0.339 e. The molecule has 8 heteroatoms. The van der Waals surface area contributed by atoms with Gasteiger partial charge in [-0.05, 0) is 70.3 Å². The van der Waals surface area contributed by atoms with Gasteiger partial charge in [0, 0.05) is 24.0 Å². The van der Waals surface area contributed by atoms with Crippen molar-refractivity contribution in [1.29, 1.82) is 0 Å². The molecule has 1 N–H and O–H groups in total. The van der Waals surface area contributed by atoms with Crippen LogP contribution < -0.4 is 4.72 Å². The van der Waals surface area contributed by atoms with E-state index in [9.17, 15) is 13.2 Å².